The smallest absolute Gasteiger partial charge is 0.356 e. The molecule has 7 heteroatoms. The molecule has 5 radical (unpaired) electrons. The van der Waals surface area contributed by atoms with Gasteiger partial charge >= 0.3 is 5.97 Å². The molecule has 0 unspecified atom stereocenters. The summed E-state index contributed by atoms with van der Waals surface area (Å²) >= 11 is 1.60. The van der Waals surface area contributed by atoms with Gasteiger partial charge in [-0.05, 0) is 63.1 Å². The molecule has 1 saturated heterocycles. The van der Waals surface area contributed by atoms with Gasteiger partial charge in [0.2, 0.25) is 5.91 Å². The number of fused-ring (bicyclic) bond motifs is 1. The summed E-state index contributed by atoms with van der Waals surface area (Å²) in [6, 6.07) is 0. The lowest BCUT2D eigenvalue weighted by molar-refractivity contribution is -0.157. The number of thioether (sulfide) groups is 1. The molecule has 2 aliphatic heterocycles. The van der Waals surface area contributed by atoms with Crippen LogP contribution in [0.4, 0.5) is 0 Å². The minimum Gasteiger partial charge on any atom is -0.457 e. The standard InChI is InChI=1S/C23H32NO4SSi/c1-8-13-27-22(26)19-17(14-16-11-9-10-12-16)29-21-18(20(25)24(19)21)15(2)28-30(6,7)23(3,4)5/h8-12,15,18,21H,1,13-14H2,2-7H3/t15-,18+,21-/m1/s1. The number of allylic oxidation sites excluding steroid dienone is 1. The summed E-state index contributed by atoms with van der Waals surface area (Å²) < 4.78 is 11.8. The molecule has 30 heavy (non-hydrogen) atoms. The van der Waals surface area contributed by atoms with Gasteiger partial charge in [-0.15, -0.1) is 11.8 Å². The number of hydrogen-bond donors (Lipinski definition) is 0. The molecule has 1 aliphatic carbocycles. The second-order valence-corrected chi connectivity index (χ2v) is 15.4. The van der Waals surface area contributed by atoms with Gasteiger partial charge in [0.05, 0.1) is 12.0 Å². The van der Waals surface area contributed by atoms with E-state index in [1.165, 1.54) is 6.08 Å². The van der Waals surface area contributed by atoms with Crippen molar-refractivity contribution in [1.82, 2.24) is 4.90 Å². The van der Waals surface area contributed by atoms with Gasteiger partial charge in [0.25, 0.3) is 0 Å². The van der Waals surface area contributed by atoms with Crippen LogP contribution in [-0.2, 0) is 18.8 Å². The number of carbonyl (C=O) groups excluding carboxylic acids is 2. The Hall–Kier alpha value is -1.05. The summed E-state index contributed by atoms with van der Waals surface area (Å²) in [6.07, 6.45) is 9.95. The number of β-lactam (4-membered cyclic amide) rings is 1. The first-order valence-electron chi connectivity index (χ1n) is 10.4. The van der Waals surface area contributed by atoms with E-state index in [2.05, 4.69) is 40.4 Å². The average molecular weight is 447 g/mol. The monoisotopic (exact) mass is 446 g/mol. The Balaban J connectivity index is 1.77. The summed E-state index contributed by atoms with van der Waals surface area (Å²) in [7, 11) is -2.01. The molecular formula is C23H32NO4SSi. The van der Waals surface area contributed by atoms with E-state index >= 15 is 0 Å². The highest BCUT2D eigenvalue weighted by molar-refractivity contribution is 8.04. The zero-order chi connectivity index (χ0) is 22.3. The molecular weight excluding hydrogens is 414 g/mol. The molecule has 0 aromatic rings. The van der Waals surface area contributed by atoms with Gasteiger partial charge in [-0.3, -0.25) is 9.69 Å². The van der Waals surface area contributed by atoms with Crippen molar-refractivity contribution in [2.45, 2.75) is 63.7 Å². The van der Waals surface area contributed by atoms with E-state index in [1.807, 2.05) is 32.6 Å². The summed E-state index contributed by atoms with van der Waals surface area (Å²) in [5.74, 6) is 0.338. The molecule has 3 rings (SSSR count). The maximum Gasteiger partial charge on any atom is 0.356 e. The quantitative estimate of drug-likeness (QED) is 0.235. The van der Waals surface area contributed by atoms with Crippen LogP contribution >= 0.6 is 11.8 Å². The Morgan fingerprint density at radius 3 is 2.53 bits per heavy atom. The van der Waals surface area contributed by atoms with Crippen molar-refractivity contribution in [2.24, 2.45) is 5.92 Å². The van der Waals surface area contributed by atoms with Gasteiger partial charge < -0.3 is 9.16 Å². The lowest BCUT2D eigenvalue weighted by Crippen LogP contribution is -2.62. The molecule has 2 fully saturated rings. The Kier molecular flexibility index (Phi) is 6.95. The second kappa shape index (κ2) is 8.83. The van der Waals surface area contributed by atoms with Crippen LogP contribution in [0.3, 0.4) is 0 Å². The van der Waals surface area contributed by atoms with Crippen LogP contribution in [0.2, 0.25) is 18.1 Å². The summed E-state index contributed by atoms with van der Waals surface area (Å²) in [6.45, 7) is 16.7. The third-order valence-electron chi connectivity index (χ3n) is 6.27. The third kappa shape index (κ3) is 4.44. The van der Waals surface area contributed by atoms with Crippen molar-refractivity contribution in [3.8, 4) is 0 Å². The first-order chi connectivity index (χ1) is 14.0. The van der Waals surface area contributed by atoms with Crippen molar-refractivity contribution in [3.63, 3.8) is 0 Å². The van der Waals surface area contributed by atoms with Gasteiger partial charge in [0, 0.05) is 4.91 Å². The Morgan fingerprint density at radius 2 is 1.97 bits per heavy atom. The minimum absolute atomic E-state index is 0.0539. The van der Waals surface area contributed by atoms with E-state index in [9.17, 15) is 9.59 Å². The van der Waals surface area contributed by atoms with E-state index in [0.29, 0.717) is 12.1 Å². The molecule has 0 aromatic carbocycles. The fraction of sp³-hybridized carbons (Fsp3) is 0.522. The van der Waals surface area contributed by atoms with Crippen LogP contribution in [0.25, 0.3) is 0 Å². The van der Waals surface area contributed by atoms with Gasteiger partial charge in [-0.25, -0.2) is 4.79 Å². The molecule has 3 atom stereocenters. The van der Waals surface area contributed by atoms with Crippen LogP contribution < -0.4 is 0 Å². The van der Waals surface area contributed by atoms with Crippen molar-refractivity contribution in [3.05, 3.63) is 54.9 Å². The van der Waals surface area contributed by atoms with Crippen molar-refractivity contribution >= 4 is 32.0 Å². The highest BCUT2D eigenvalue weighted by Gasteiger charge is 2.59. The number of rotatable bonds is 8. The molecule has 0 aromatic heterocycles. The lowest BCUT2D eigenvalue weighted by atomic mass is 9.92. The molecule has 163 valence electrons. The predicted octanol–water partition coefficient (Wildman–Crippen LogP) is 4.66. The number of ether oxygens (including phenoxy) is 1. The highest BCUT2D eigenvalue weighted by Crippen LogP contribution is 2.54. The largest absolute Gasteiger partial charge is 0.457 e. The molecule has 3 aliphatic rings. The van der Waals surface area contributed by atoms with Crippen LogP contribution in [0, 0.1) is 37.5 Å². The van der Waals surface area contributed by atoms with Crippen LogP contribution in [0.15, 0.2) is 23.3 Å². The van der Waals surface area contributed by atoms with Gasteiger partial charge in [-0.1, -0.05) is 33.4 Å². The third-order valence-corrected chi connectivity index (χ3v) is 12.2. The Morgan fingerprint density at radius 1 is 1.33 bits per heavy atom. The van der Waals surface area contributed by atoms with Gasteiger partial charge in [0.15, 0.2) is 8.32 Å². The summed E-state index contributed by atoms with van der Waals surface area (Å²) in [5, 5.41) is -0.0502. The Labute approximate surface area is 186 Å². The summed E-state index contributed by atoms with van der Waals surface area (Å²) in [4.78, 5) is 28.4. The SMILES string of the molecule is C=CCOC(=O)C1=C(C[C]2[CH][CH][CH][CH]2)S[C@@H]2[C@@H]([C@@H](C)O[Si](C)(C)C(C)(C)C)C(=O)N12. The zero-order valence-electron chi connectivity index (χ0n) is 18.7. The predicted molar refractivity (Wildman–Crippen MR) is 123 cm³/mol. The molecule has 0 N–H and O–H groups in total. The topological polar surface area (TPSA) is 55.8 Å². The molecule has 2 heterocycles. The number of hydrogen-bond acceptors (Lipinski definition) is 5. The molecule has 1 amide bonds. The van der Waals surface area contributed by atoms with Crippen molar-refractivity contribution in [1.29, 1.82) is 0 Å². The summed E-state index contributed by atoms with van der Waals surface area (Å²) in [5.41, 5.74) is 0.383. The number of nitrogens with zero attached hydrogens (tertiary/aromatic N) is 1. The normalized spacial score (nSPS) is 25.9. The number of carbonyl (C=O) groups is 2. The molecule has 5 nitrogen and oxygen atoms in total. The maximum atomic E-state index is 13.1. The Bertz CT molecular complexity index is 736. The number of amides is 1. The molecule has 0 spiro atoms. The lowest BCUT2D eigenvalue weighted by Gasteiger charge is -2.48. The highest BCUT2D eigenvalue weighted by atomic mass is 32.2. The molecule has 1 saturated carbocycles. The van der Waals surface area contributed by atoms with Gasteiger partial charge in [-0.2, -0.15) is 0 Å². The van der Waals surface area contributed by atoms with E-state index in [1.54, 1.807) is 16.7 Å². The van der Waals surface area contributed by atoms with Crippen LogP contribution in [0.5, 0.6) is 0 Å². The first kappa shape index (κ1) is 23.6. The molecule has 0 bridgehead atoms. The van der Waals surface area contributed by atoms with E-state index in [4.69, 9.17) is 9.16 Å². The zero-order valence-corrected chi connectivity index (χ0v) is 20.5. The van der Waals surface area contributed by atoms with E-state index in [0.717, 1.165) is 10.8 Å². The second-order valence-electron chi connectivity index (χ2n) is 9.45. The minimum atomic E-state index is -2.01. The first-order valence-corrected chi connectivity index (χ1v) is 14.2. The number of esters is 1. The van der Waals surface area contributed by atoms with Gasteiger partial charge in [0.1, 0.15) is 17.7 Å². The maximum absolute atomic E-state index is 13.1. The van der Waals surface area contributed by atoms with Crippen LogP contribution in [-0.4, -0.2) is 43.2 Å². The van der Waals surface area contributed by atoms with Crippen molar-refractivity contribution in [2.75, 3.05) is 6.61 Å². The fourth-order valence-electron chi connectivity index (χ4n) is 3.59. The van der Waals surface area contributed by atoms with Crippen LogP contribution in [0.1, 0.15) is 34.1 Å². The van der Waals surface area contributed by atoms with Crippen molar-refractivity contribution < 1.29 is 18.8 Å². The fourth-order valence-corrected chi connectivity index (χ4v) is 6.65. The average Bonchev–Trinajstić information content (AvgIpc) is 3.24. The van der Waals surface area contributed by atoms with E-state index in [-0.39, 0.29) is 34.9 Å². The van der Waals surface area contributed by atoms with E-state index < -0.39 is 14.3 Å².